The third kappa shape index (κ3) is 5.26. The van der Waals surface area contributed by atoms with Gasteiger partial charge in [0.2, 0.25) is 17.7 Å². The van der Waals surface area contributed by atoms with Gasteiger partial charge in [0.25, 0.3) is 0 Å². The molecule has 3 aliphatic heterocycles. The van der Waals surface area contributed by atoms with Crippen molar-refractivity contribution in [1.29, 1.82) is 0 Å². The lowest BCUT2D eigenvalue weighted by Gasteiger charge is -2.34. The van der Waals surface area contributed by atoms with Gasteiger partial charge in [0, 0.05) is 23.3 Å². The molecule has 0 radical (unpaired) electrons. The zero-order chi connectivity index (χ0) is 30.3. The van der Waals surface area contributed by atoms with E-state index in [2.05, 4.69) is 10.6 Å². The first-order valence-corrected chi connectivity index (χ1v) is 15.7. The molecule has 7 rings (SSSR count). The van der Waals surface area contributed by atoms with Crippen molar-refractivity contribution < 1.29 is 23.9 Å². The molecule has 1 spiro atoms. The second-order valence-electron chi connectivity index (χ2n) is 12.1. The molecule has 4 aliphatic rings. The number of amides is 3. The van der Waals surface area contributed by atoms with E-state index in [-0.39, 0.29) is 30.3 Å². The second kappa shape index (κ2) is 11.7. The Balaban J connectivity index is 1.13. The van der Waals surface area contributed by atoms with Crippen LogP contribution in [0.25, 0.3) is 0 Å². The van der Waals surface area contributed by atoms with Crippen molar-refractivity contribution in [3.05, 3.63) is 102 Å². The highest BCUT2D eigenvalue weighted by Crippen LogP contribution is 2.55. The van der Waals surface area contributed by atoms with Gasteiger partial charge in [0.05, 0.1) is 17.9 Å². The average molecular weight is 612 g/mol. The zero-order valence-electron chi connectivity index (χ0n) is 24.2. The van der Waals surface area contributed by atoms with Gasteiger partial charge >= 0.3 is 0 Å². The van der Waals surface area contributed by atoms with Gasteiger partial charge in [-0.1, -0.05) is 73.3 Å². The maximum Gasteiger partial charge on any atom is 0.246 e. The smallest absolute Gasteiger partial charge is 0.246 e. The number of nitrogens with zero attached hydrogens (tertiary/aromatic N) is 1. The molecule has 3 fully saturated rings. The maximum atomic E-state index is 14.2. The van der Waals surface area contributed by atoms with Crippen LogP contribution in [0.3, 0.4) is 0 Å². The summed E-state index contributed by atoms with van der Waals surface area (Å²) in [6, 6.07) is 22.9. The summed E-state index contributed by atoms with van der Waals surface area (Å²) in [6.07, 6.45) is 8.19. The highest BCUT2D eigenvalue weighted by atomic mass is 35.5. The van der Waals surface area contributed by atoms with Gasteiger partial charge in [-0.25, -0.2) is 0 Å². The van der Waals surface area contributed by atoms with E-state index in [9.17, 15) is 14.4 Å². The van der Waals surface area contributed by atoms with E-state index in [1.165, 1.54) is 0 Å². The summed E-state index contributed by atoms with van der Waals surface area (Å²) in [6.45, 7) is 0.204. The number of ether oxygens (including phenoxy) is 2. The molecule has 3 aromatic rings. The molecule has 2 N–H and O–H groups in total. The zero-order valence-corrected chi connectivity index (χ0v) is 24.9. The Kier molecular flexibility index (Phi) is 7.64. The summed E-state index contributed by atoms with van der Waals surface area (Å²) in [5.74, 6) is -1.08. The predicted molar refractivity (Wildman–Crippen MR) is 166 cm³/mol. The van der Waals surface area contributed by atoms with Crippen LogP contribution in [0.15, 0.2) is 91.0 Å². The lowest BCUT2D eigenvalue weighted by molar-refractivity contribution is -0.142. The molecule has 3 aromatic carbocycles. The van der Waals surface area contributed by atoms with Gasteiger partial charge in [-0.2, -0.15) is 0 Å². The Hall–Kier alpha value is -4.14. The monoisotopic (exact) mass is 611 g/mol. The second-order valence-corrected chi connectivity index (χ2v) is 12.5. The number of likely N-dealkylation sites (tertiary alicyclic amines) is 1. The first kappa shape index (κ1) is 28.6. The predicted octanol–water partition coefficient (Wildman–Crippen LogP) is 5.87. The minimum atomic E-state index is -1.22. The molecule has 2 saturated heterocycles. The van der Waals surface area contributed by atoms with Crippen LogP contribution in [0, 0.1) is 11.8 Å². The standard InChI is InChI=1S/C35H34ClN3O5/c36-23-13-11-22(12-14-23)21-39-31(33(41)38-24-7-3-1-4-8-24)35-20-19-28(44-35)29(30(35)34(39)42)32(40)37-25-15-17-27(18-16-25)43-26-9-5-2-6-10-26/h2,5-6,9-20,24,28-31H,1,3-4,7-8,21H2,(H,37,40)(H,38,41). The van der Waals surface area contributed by atoms with Crippen LogP contribution in [0.4, 0.5) is 5.69 Å². The third-order valence-electron chi connectivity index (χ3n) is 9.24. The Labute approximate surface area is 261 Å². The van der Waals surface area contributed by atoms with E-state index in [1.54, 1.807) is 41.3 Å². The number of hydrogen-bond acceptors (Lipinski definition) is 5. The van der Waals surface area contributed by atoms with Crippen LogP contribution in [-0.2, 0) is 25.7 Å². The fourth-order valence-corrected chi connectivity index (χ4v) is 7.33. The number of nitrogens with one attached hydrogen (secondary N) is 2. The van der Waals surface area contributed by atoms with Crippen molar-refractivity contribution in [3.8, 4) is 11.5 Å². The van der Waals surface area contributed by atoms with Crippen LogP contribution in [0.1, 0.15) is 37.7 Å². The maximum absolute atomic E-state index is 14.2. The van der Waals surface area contributed by atoms with E-state index in [0.717, 1.165) is 37.7 Å². The molecule has 8 nitrogen and oxygen atoms in total. The number of hydrogen-bond donors (Lipinski definition) is 2. The topological polar surface area (TPSA) is 97.0 Å². The number of benzene rings is 3. The SMILES string of the molecule is O=C(Nc1ccc(Oc2ccccc2)cc1)C1C2C=CC3(O2)C1C(=O)N(Cc1ccc(Cl)cc1)C3C(=O)NC1CCCCC1. The number of carbonyl (C=O) groups excluding carboxylic acids is 3. The molecule has 5 unspecified atom stereocenters. The van der Waals surface area contributed by atoms with Gasteiger partial charge in [0.15, 0.2) is 0 Å². The summed E-state index contributed by atoms with van der Waals surface area (Å²) < 4.78 is 12.4. The number of halogens is 1. The summed E-state index contributed by atoms with van der Waals surface area (Å²) in [7, 11) is 0. The number of carbonyl (C=O) groups is 3. The summed E-state index contributed by atoms with van der Waals surface area (Å²) in [4.78, 5) is 43.7. The molecule has 226 valence electrons. The molecule has 3 heterocycles. The highest BCUT2D eigenvalue weighted by molar-refractivity contribution is 6.30. The molecular formula is C35H34ClN3O5. The lowest BCUT2D eigenvalue weighted by atomic mass is 9.74. The molecule has 5 atom stereocenters. The summed E-state index contributed by atoms with van der Waals surface area (Å²) >= 11 is 6.11. The van der Waals surface area contributed by atoms with Gasteiger partial charge in [-0.05, 0) is 66.9 Å². The molecule has 44 heavy (non-hydrogen) atoms. The van der Waals surface area contributed by atoms with Crippen LogP contribution in [0.2, 0.25) is 5.02 Å². The fraction of sp³-hybridized carbons (Fsp3) is 0.343. The van der Waals surface area contributed by atoms with Crippen LogP contribution in [0.5, 0.6) is 11.5 Å². The van der Waals surface area contributed by atoms with Crippen LogP contribution in [-0.4, -0.2) is 46.4 Å². The van der Waals surface area contributed by atoms with Crippen LogP contribution < -0.4 is 15.4 Å². The molecule has 3 amide bonds. The fourth-order valence-electron chi connectivity index (χ4n) is 7.21. The molecule has 2 bridgehead atoms. The molecular weight excluding hydrogens is 578 g/mol. The number of rotatable bonds is 8. The molecule has 9 heteroatoms. The van der Waals surface area contributed by atoms with Gasteiger partial charge < -0.3 is 25.0 Å². The van der Waals surface area contributed by atoms with Gasteiger partial charge in [-0.15, -0.1) is 0 Å². The summed E-state index contributed by atoms with van der Waals surface area (Å²) in [5.41, 5.74) is 0.195. The first-order valence-electron chi connectivity index (χ1n) is 15.3. The number of anilines is 1. The van der Waals surface area contributed by atoms with Crippen molar-refractivity contribution in [1.82, 2.24) is 10.2 Å². The number of fused-ring (bicyclic) bond motifs is 1. The van der Waals surface area contributed by atoms with Gasteiger partial charge in [0.1, 0.15) is 23.1 Å². The lowest BCUT2D eigenvalue weighted by Crippen LogP contribution is -2.56. The Morgan fingerprint density at radius 3 is 2.34 bits per heavy atom. The van der Waals surface area contributed by atoms with E-state index < -0.39 is 29.6 Å². The Morgan fingerprint density at radius 2 is 1.61 bits per heavy atom. The Morgan fingerprint density at radius 1 is 0.909 bits per heavy atom. The Bertz CT molecular complexity index is 1570. The minimum Gasteiger partial charge on any atom is -0.457 e. The quantitative estimate of drug-likeness (QED) is 0.311. The third-order valence-corrected chi connectivity index (χ3v) is 9.50. The van der Waals surface area contributed by atoms with Crippen molar-refractivity contribution >= 4 is 35.0 Å². The summed E-state index contributed by atoms with van der Waals surface area (Å²) in [5, 5.41) is 6.79. The largest absolute Gasteiger partial charge is 0.457 e. The van der Waals surface area contributed by atoms with Crippen molar-refractivity contribution in [3.63, 3.8) is 0 Å². The number of para-hydroxylation sites is 1. The average Bonchev–Trinajstić information content (AvgIpc) is 3.68. The normalized spacial score (nSPS) is 27.3. The molecule has 0 aromatic heterocycles. The minimum absolute atomic E-state index is 0.0645. The van der Waals surface area contributed by atoms with Gasteiger partial charge in [-0.3, -0.25) is 14.4 Å². The van der Waals surface area contributed by atoms with Crippen molar-refractivity contribution in [2.45, 2.75) is 62.4 Å². The first-order chi connectivity index (χ1) is 21.4. The molecule has 1 aliphatic carbocycles. The van der Waals surface area contributed by atoms with E-state index in [1.807, 2.05) is 54.6 Å². The van der Waals surface area contributed by atoms with Crippen molar-refractivity contribution in [2.75, 3.05) is 5.32 Å². The van der Waals surface area contributed by atoms with E-state index >= 15 is 0 Å². The highest BCUT2D eigenvalue weighted by Gasteiger charge is 2.72. The van der Waals surface area contributed by atoms with Crippen molar-refractivity contribution in [2.24, 2.45) is 11.8 Å². The molecule has 1 saturated carbocycles. The van der Waals surface area contributed by atoms with Crippen LogP contribution >= 0.6 is 11.6 Å². The van der Waals surface area contributed by atoms with E-state index in [0.29, 0.717) is 22.2 Å². The van der Waals surface area contributed by atoms with E-state index in [4.69, 9.17) is 21.1 Å².